The molecule has 15 heavy (non-hydrogen) atoms. The SMILES string of the molecule is CCCn1ccc(=O)n(CCC#N)c1=O. The third kappa shape index (κ3) is 2.56. The first kappa shape index (κ1) is 11.2. The van der Waals surface area contributed by atoms with Crippen LogP contribution < -0.4 is 11.2 Å². The van der Waals surface area contributed by atoms with Crippen molar-refractivity contribution in [2.75, 3.05) is 0 Å². The van der Waals surface area contributed by atoms with E-state index >= 15 is 0 Å². The van der Waals surface area contributed by atoms with Gasteiger partial charge in [-0.05, 0) is 6.42 Å². The van der Waals surface area contributed by atoms with Crippen molar-refractivity contribution in [2.45, 2.75) is 32.9 Å². The molecule has 5 nitrogen and oxygen atoms in total. The van der Waals surface area contributed by atoms with Crippen molar-refractivity contribution in [3.05, 3.63) is 33.1 Å². The molecule has 0 aromatic carbocycles. The lowest BCUT2D eigenvalue weighted by Gasteiger charge is -2.06. The summed E-state index contributed by atoms with van der Waals surface area (Å²) in [7, 11) is 0. The van der Waals surface area contributed by atoms with E-state index in [-0.39, 0.29) is 24.2 Å². The van der Waals surface area contributed by atoms with Crippen LogP contribution in [-0.4, -0.2) is 9.13 Å². The van der Waals surface area contributed by atoms with Gasteiger partial charge in [0.05, 0.1) is 12.5 Å². The normalized spacial score (nSPS) is 9.87. The molecule has 1 rings (SSSR count). The number of aromatic nitrogens is 2. The monoisotopic (exact) mass is 207 g/mol. The maximum Gasteiger partial charge on any atom is 0.330 e. The predicted octanol–water partition coefficient (Wildman–Crippen LogP) is 0.334. The number of nitriles is 1. The maximum atomic E-state index is 11.7. The molecule has 80 valence electrons. The largest absolute Gasteiger partial charge is 0.330 e. The molecule has 0 aliphatic carbocycles. The molecule has 0 bridgehead atoms. The van der Waals surface area contributed by atoms with Crippen LogP contribution in [0.3, 0.4) is 0 Å². The number of hydrogen-bond donors (Lipinski definition) is 0. The second kappa shape index (κ2) is 5.15. The molecule has 0 radical (unpaired) electrons. The lowest BCUT2D eigenvalue weighted by atomic mass is 10.4. The van der Waals surface area contributed by atoms with E-state index in [9.17, 15) is 9.59 Å². The molecule has 1 aromatic rings. The zero-order valence-corrected chi connectivity index (χ0v) is 8.64. The van der Waals surface area contributed by atoms with Gasteiger partial charge < -0.3 is 4.57 Å². The Labute approximate surface area is 87.2 Å². The summed E-state index contributed by atoms with van der Waals surface area (Å²) < 4.78 is 2.58. The summed E-state index contributed by atoms with van der Waals surface area (Å²) in [6.07, 6.45) is 2.50. The fourth-order valence-electron chi connectivity index (χ4n) is 1.34. The van der Waals surface area contributed by atoms with Crippen molar-refractivity contribution in [1.82, 2.24) is 9.13 Å². The Balaban J connectivity index is 3.14. The molecule has 0 amide bonds. The third-order valence-corrected chi connectivity index (χ3v) is 2.05. The molecule has 5 heteroatoms. The number of nitrogens with zero attached hydrogens (tertiary/aromatic N) is 3. The van der Waals surface area contributed by atoms with E-state index in [2.05, 4.69) is 0 Å². The van der Waals surface area contributed by atoms with Crippen molar-refractivity contribution >= 4 is 0 Å². The molecular formula is C10H13N3O2. The van der Waals surface area contributed by atoms with Gasteiger partial charge in [0.25, 0.3) is 5.56 Å². The van der Waals surface area contributed by atoms with Crippen LogP contribution in [0, 0.1) is 11.3 Å². The first-order chi connectivity index (χ1) is 7.20. The first-order valence-corrected chi connectivity index (χ1v) is 4.88. The van der Waals surface area contributed by atoms with E-state index in [0.717, 1.165) is 11.0 Å². The van der Waals surface area contributed by atoms with Crippen LogP contribution in [0.2, 0.25) is 0 Å². The van der Waals surface area contributed by atoms with Gasteiger partial charge in [-0.15, -0.1) is 0 Å². The molecule has 0 N–H and O–H groups in total. The van der Waals surface area contributed by atoms with Gasteiger partial charge in [-0.2, -0.15) is 5.26 Å². The summed E-state index contributed by atoms with van der Waals surface area (Å²) in [4.78, 5) is 23.0. The minimum Gasteiger partial charge on any atom is -0.300 e. The minimum atomic E-state index is -0.345. The number of hydrogen-bond acceptors (Lipinski definition) is 3. The lowest BCUT2D eigenvalue weighted by Crippen LogP contribution is -2.38. The third-order valence-electron chi connectivity index (χ3n) is 2.05. The Morgan fingerprint density at radius 3 is 2.73 bits per heavy atom. The summed E-state index contributed by atoms with van der Waals surface area (Å²) in [6.45, 7) is 2.71. The van der Waals surface area contributed by atoms with E-state index in [0.29, 0.717) is 6.54 Å². The van der Waals surface area contributed by atoms with Crippen molar-refractivity contribution in [3.63, 3.8) is 0 Å². The average Bonchev–Trinajstić information content (AvgIpc) is 2.22. The molecule has 0 spiro atoms. The van der Waals surface area contributed by atoms with Crippen LogP contribution in [0.15, 0.2) is 21.9 Å². The van der Waals surface area contributed by atoms with E-state index in [4.69, 9.17) is 5.26 Å². The fraction of sp³-hybridized carbons (Fsp3) is 0.500. The van der Waals surface area contributed by atoms with Crippen LogP contribution >= 0.6 is 0 Å². The summed E-state index contributed by atoms with van der Waals surface area (Å²) in [5.74, 6) is 0. The van der Waals surface area contributed by atoms with Gasteiger partial charge in [-0.1, -0.05) is 6.92 Å². The van der Waals surface area contributed by atoms with E-state index < -0.39 is 0 Å². The Morgan fingerprint density at radius 2 is 2.13 bits per heavy atom. The Hall–Kier alpha value is -1.83. The van der Waals surface area contributed by atoms with Crippen molar-refractivity contribution in [3.8, 4) is 6.07 Å². The van der Waals surface area contributed by atoms with Crippen LogP contribution in [0.1, 0.15) is 19.8 Å². The molecule has 0 saturated carbocycles. The predicted molar refractivity (Wildman–Crippen MR) is 55.5 cm³/mol. The number of rotatable bonds is 4. The van der Waals surface area contributed by atoms with Gasteiger partial charge in [-0.25, -0.2) is 4.79 Å². The highest BCUT2D eigenvalue weighted by Gasteiger charge is 2.03. The van der Waals surface area contributed by atoms with Crippen molar-refractivity contribution in [1.29, 1.82) is 5.26 Å². The quantitative estimate of drug-likeness (QED) is 0.714. The summed E-state index contributed by atoms with van der Waals surface area (Å²) in [5, 5.41) is 8.41. The molecular weight excluding hydrogens is 194 g/mol. The highest BCUT2D eigenvalue weighted by atomic mass is 16.2. The number of aryl methyl sites for hydroxylation is 1. The molecule has 0 saturated heterocycles. The second-order valence-electron chi connectivity index (χ2n) is 3.19. The molecule has 1 heterocycles. The fourth-order valence-corrected chi connectivity index (χ4v) is 1.34. The van der Waals surface area contributed by atoms with Crippen LogP contribution in [-0.2, 0) is 13.1 Å². The minimum absolute atomic E-state index is 0.165. The molecule has 0 atom stereocenters. The highest BCUT2D eigenvalue weighted by Crippen LogP contribution is 1.85. The Kier molecular flexibility index (Phi) is 3.86. The van der Waals surface area contributed by atoms with Gasteiger partial charge in [-0.3, -0.25) is 9.36 Å². The van der Waals surface area contributed by atoms with Gasteiger partial charge in [0, 0.05) is 25.4 Å². The van der Waals surface area contributed by atoms with E-state index in [1.54, 1.807) is 0 Å². The Bertz CT molecular complexity index is 479. The summed E-state index contributed by atoms with van der Waals surface area (Å²) >= 11 is 0. The first-order valence-electron chi connectivity index (χ1n) is 4.88. The standard InChI is InChI=1S/C10H13N3O2/c1-2-6-12-8-4-9(14)13(10(12)15)7-3-5-11/h4,8H,2-3,6-7H2,1H3. The molecule has 0 fully saturated rings. The molecule has 1 aromatic heterocycles. The van der Waals surface area contributed by atoms with Crippen LogP contribution in [0.4, 0.5) is 0 Å². The zero-order valence-electron chi connectivity index (χ0n) is 8.64. The second-order valence-corrected chi connectivity index (χ2v) is 3.19. The Morgan fingerprint density at radius 1 is 1.40 bits per heavy atom. The van der Waals surface area contributed by atoms with Crippen molar-refractivity contribution in [2.24, 2.45) is 0 Å². The van der Waals surface area contributed by atoms with Gasteiger partial charge in [0.1, 0.15) is 0 Å². The maximum absolute atomic E-state index is 11.7. The van der Waals surface area contributed by atoms with Gasteiger partial charge in [0.15, 0.2) is 0 Å². The van der Waals surface area contributed by atoms with E-state index in [1.165, 1.54) is 16.8 Å². The highest BCUT2D eigenvalue weighted by molar-refractivity contribution is 4.87. The van der Waals surface area contributed by atoms with Crippen LogP contribution in [0.5, 0.6) is 0 Å². The van der Waals surface area contributed by atoms with Crippen LogP contribution in [0.25, 0.3) is 0 Å². The van der Waals surface area contributed by atoms with Gasteiger partial charge >= 0.3 is 5.69 Å². The summed E-state index contributed by atoms with van der Waals surface area (Å²) in [6, 6.07) is 3.27. The zero-order chi connectivity index (χ0) is 11.3. The van der Waals surface area contributed by atoms with Crippen molar-refractivity contribution < 1.29 is 0 Å². The molecule has 0 aliphatic heterocycles. The molecule has 0 unspecified atom stereocenters. The van der Waals surface area contributed by atoms with Gasteiger partial charge in [0.2, 0.25) is 0 Å². The summed E-state index contributed by atoms with van der Waals surface area (Å²) in [5.41, 5.74) is -0.679. The lowest BCUT2D eigenvalue weighted by molar-refractivity contribution is 0.550. The smallest absolute Gasteiger partial charge is 0.300 e. The average molecular weight is 207 g/mol. The topological polar surface area (TPSA) is 67.8 Å². The molecule has 0 aliphatic rings. The van der Waals surface area contributed by atoms with E-state index in [1.807, 2.05) is 13.0 Å².